The van der Waals surface area contributed by atoms with Gasteiger partial charge >= 0.3 is 0 Å². The fraction of sp³-hybridized carbons (Fsp3) is 0.769. The molecule has 0 bridgehead atoms. The van der Waals surface area contributed by atoms with Crippen LogP contribution in [0.3, 0.4) is 0 Å². The number of aryl methyl sites for hydroxylation is 1. The first-order valence-corrected chi connectivity index (χ1v) is 6.87. The van der Waals surface area contributed by atoms with Gasteiger partial charge in [0.25, 0.3) is 0 Å². The first-order valence-electron chi connectivity index (χ1n) is 6.87. The van der Waals surface area contributed by atoms with E-state index in [0.29, 0.717) is 0 Å². The third-order valence-corrected chi connectivity index (χ3v) is 3.55. The van der Waals surface area contributed by atoms with E-state index in [2.05, 4.69) is 23.8 Å². The second-order valence-corrected chi connectivity index (χ2v) is 4.81. The van der Waals surface area contributed by atoms with E-state index in [1.54, 1.807) is 0 Å². The van der Waals surface area contributed by atoms with Gasteiger partial charge in [-0.2, -0.15) is 5.10 Å². The summed E-state index contributed by atoms with van der Waals surface area (Å²) in [5, 5.41) is 4.33. The van der Waals surface area contributed by atoms with Crippen LogP contribution in [0.2, 0.25) is 0 Å². The maximum Gasteiger partial charge on any atom is 0.0910 e. The molecular formula is C13H24N4O. The van der Waals surface area contributed by atoms with Crippen LogP contribution in [0.15, 0.2) is 12.3 Å². The molecule has 0 aromatic carbocycles. The van der Waals surface area contributed by atoms with Gasteiger partial charge in [0.1, 0.15) is 0 Å². The van der Waals surface area contributed by atoms with E-state index < -0.39 is 0 Å². The van der Waals surface area contributed by atoms with E-state index in [4.69, 9.17) is 10.5 Å². The molecule has 2 heterocycles. The van der Waals surface area contributed by atoms with Gasteiger partial charge in [0.2, 0.25) is 0 Å². The molecule has 1 saturated heterocycles. The molecule has 2 atom stereocenters. The zero-order valence-corrected chi connectivity index (χ0v) is 11.4. The minimum Gasteiger partial charge on any atom is -0.374 e. The van der Waals surface area contributed by atoms with Gasteiger partial charge in [-0.3, -0.25) is 9.58 Å². The zero-order chi connectivity index (χ0) is 13.0. The summed E-state index contributed by atoms with van der Waals surface area (Å²) >= 11 is 0. The summed E-state index contributed by atoms with van der Waals surface area (Å²) in [7, 11) is 0. The number of nitrogens with zero attached hydrogens (tertiary/aromatic N) is 3. The number of aromatic nitrogens is 2. The lowest BCUT2D eigenvalue weighted by Gasteiger charge is -2.35. The summed E-state index contributed by atoms with van der Waals surface area (Å²) in [5.41, 5.74) is 7.43. The number of hydrogen-bond acceptors (Lipinski definition) is 4. The lowest BCUT2D eigenvalue weighted by molar-refractivity contribution is -0.0404. The molecule has 2 rings (SSSR count). The Labute approximate surface area is 109 Å². The van der Waals surface area contributed by atoms with Gasteiger partial charge < -0.3 is 10.5 Å². The van der Waals surface area contributed by atoms with Crippen molar-refractivity contribution in [1.82, 2.24) is 14.7 Å². The number of nitrogens with two attached hydrogens (primary N) is 1. The maximum absolute atomic E-state index is 6.35. The zero-order valence-electron chi connectivity index (χ0n) is 11.4. The van der Waals surface area contributed by atoms with Crippen molar-refractivity contribution < 1.29 is 4.74 Å². The van der Waals surface area contributed by atoms with E-state index >= 15 is 0 Å². The number of likely N-dealkylation sites (N-methyl/N-ethyl adjacent to an activating group) is 1. The Hall–Kier alpha value is -0.910. The van der Waals surface area contributed by atoms with E-state index in [9.17, 15) is 0 Å². The van der Waals surface area contributed by atoms with Crippen LogP contribution in [0, 0.1) is 0 Å². The Kier molecular flexibility index (Phi) is 4.74. The molecule has 2 unspecified atom stereocenters. The van der Waals surface area contributed by atoms with Crippen LogP contribution in [0.5, 0.6) is 0 Å². The highest BCUT2D eigenvalue weighted by molar-refractivity contribution is 5.09. The number of morpholine rings is 1. The normalized spacial score (nSPS) is 23.2. The van der Waals surface area contributed by atoms with Gasteiger partial charge in [-0.25, -0.2) is 0 Å². The summed E-state index contributed by atoms with van der Waals surface area (Å²) < 4.78 is 7.82. The fourth-order valence-electron chi connectivity index (χ4n) is 2.45. The quantitative estimate of drug-likeness (QED) is 0.850. The van der Waals surface area contributed by atoms with Crippen LogP contribution >= 0.6 is 0 Å². The molecule has 5 heteroatoms. The largest absolute Gasteiger partial charge is 0.374 e. The molecule has 1 aliphatic rings. The SMILES string of the molecule is CCCn1nccc1C(N)C1CN(CC)CCO1. The van der Waals surface area contributed by atoms with Crippen molar-refractivity contribution in [3.8, 4) is 0 Å². The monoisotopic (exact) mass is 252 g/mol. The highest BCUT2D eigenvalue weighted by atomic mass is 16.5. The third-order valence-electron chi connectivity index (χ3n) is 3.55. The summed E-state index contributed by atoms with van der Waals surface area (Å²) in [5.74, 6) is 0. The molecule has 1 aliphatic heterocycles. The van der Waals surface area contributed by atoms with Gasteiger partial charge in [-0.15, -0.1) is 0 Å². The van der Waals surface area contributed by atoms with E-state index in [1.165, 1.54) is 0 Å². The molecule has 1 aromatic rings. The van der Waals surface area contributed by atoms with Gasteiger partial charge in [0.15, 0.2) is 0 Å². The van der Waals surface area contributed by atoms with Crippen molar-refractivity contribution in [2.45, 2.75) is 39.0 Å². The van der Waals surface area contributed by atoms with E-state index in [1.807, 2.05) is 16.9 Å². The Morgan fingerprint density at radius 3 is 3.11 bits per heavy atom. The number of ether oxygens (including phenoxy) is 1. The number of rotatable bonds is 5. The highest BCUT2D eigenvalue weighted by Gasteiger charge is 2.27. The smallest absolute Gasteiger partial charge is 0.0910 e. The molecule has 5 nitrogen and oxygen atoms in total. The number of hydrogen-bond donors (Lipinski definition) is 1. The maximum atomic E-state index is 6.35. The fourth-order valence-corrected chi connectivity index (χ4v) is 2.45. The molecule has 0 saturated carbocycles. The molecule has 0 amide bonds. The molecule has 1 aromatic heterocycles. The van der Waals surface area contributed by atoms with Gasteiger partial charge in [-0.1, -0.05) is 13.8 Å². The van der Waals surface area contributed by atoms with Crippen molar-refractivity contribution in [2.75, 3.05) is 26.2 Å². The van der Waals surface area contributed by atoms with Gasteiger partial charge in [0.05, 0.1) is 24.4 Å². The first-order chi connectivity index (χ1) is 8.76. The van der Waals surface area contributed by atoms with Crippen molar-refractivity contribution in [3.05, 3.63) is 18.0 Å². The molecule has 2 N–H and O–H groups in total. The second kappa shape index (κ2) is 6.31. The summed E-state index contributed by atoms with van der Waals surface area (Å²) in [6.07, 6.45) is 2.96. The summed E-state index contributed by atoms with van der Waals surface area (Å²) in [6.45, 7) is 8.99. The molecule has 0 spiro atoms. The predicted molar refractivity (Wildman–Crippen MR) is 71.3 cm³/mol. The van der Waals surface area contributed by atoms with Crippen LogP contribution in [0.1, 0.15) is 32.0 Å². The average Bonchev–Trinajstić information content (AvgIpc) is 2.86. The van der Waals surface area contributed by atoms with Crippen LogP contribution in [-0.4, -0.2) is 47.0 Å². The van der Waals surface area contributed by atoms with Gasteiger partial charge in [-0.05, 0) is 19.0 Å². The molecule has 18 heavy (non-hydrogen) atoms. The third kappa shape index (κ3) is 2.91. The molecule has 102 valence electrons. The van der Waals surface area contributed by atoms with Crippen molar-refractivity contribution in [1.29, 1.82) is 0 Å². The lowest BCUT2D eigenvalue weighted by Crippen LogP contribution is -2.47. The second-order valence-electron chi connectivity index (χ2n) is 4.81. The topological polar surface area (TPSA) is 56.3 Å². The highest BCUT2D eigenvalue weighted by Crippen LogP contribution is 2.20. The Morgan fingerprint density at radius 1 is 1.56 bits per heavy atom. The summed E-state index contributed by atoms with van der Waals surface area (Å²) in [4.78, 5) is 2.38. The first kappa shape index (κ1) is 13.5. The molecule has 1 fully saturated rings. The van der Waals surface area contributed by atoms with Gasteiger partial charge in [0, 0.05) is 25.8 Å². The standard InChI is InChI=1S/C13H24N4O/c1-3-7-17-11(5-6-15-17)13(14)12-10-16(4-2)8-9-18-12/h5-6,12-13H,3-4,7-10,14H2,1-2H3. The van der Waals surface area contributed by atoms with Crippen LogP contribution in [0.25, 0.3) is 0 Å². The molecule has 0 aliphatic carbocycles. The van der Waals surface area contributed by atoms with Crippen molar-refractivity contribution in [2.24, 2.45) is 5.73 Å². The Morgan fingerprint density at radius 2 is 2.39 bits per heavy atom. The van der Waals surface area contributed by atoms with Crippen molar-refractivity contribution in [3.63, 3.8) is 0 Å². The molecular weight excluding hydrogens is 228 g/mol. The van der Waals surface area contributed by atoms with E-state index in [-0.39, 0.29) is 12.1 Å². The minimum absolute atomic E-state index is 0.0750. The Bertz CT molecular complexity index is 366. The van der Waals surface area contributed by atoms with Crippen molar-refractivity contribution >= 4 is 0 Å². The lowest BCUT2D eigenvalue weighted by atomic mass is 10.1. The average molecular weight is 252 g/mol. The van der Waals surface area contributed by atoms with Crippen LogP contribution in [0.4, 0.5) is 0 Å². The minimum atomic E-state index is -0.0894. The predicted octanol–water partition coefficient (Wildman–Crippen LogP) is 1.01. The van der Waals surface area contributed by atoms with Crippen LogP contribution < -0.4 is 5.73 Å². The molecule has 0 radical (unpaired) electrons. The van der Waals surface area contributed by atoms with Crippen LogP contribution in [-0.2, 0) is 11.3 Å². The Balaban J connectivity index is 2.05. The summed E-state index contributed by atoms with van der Waals surface area (Å²) in [6, 6.07) is 1.92. The van der Waals surface area contributed by atoms with E-state index in [0.717, 1.165) is 44.9 Å².